The summed E-state index contributed by atoms with van der Waals surface area (Å²) in [6.45, 7) is -0.158. The Morgan fingerprint density at radius 3 is 3.00 bits per heavy atom. The van der Waals surface area contributed by atoms with Crippen molar-refractivity contribution in [3.63, 3.8) is 0 Å². The van der Waals surface area contributed by atoms with Gasteiger partial charge < -0.3 is 10.8 Å². The van der Waals surface area contributed by atoms with Gasteiger partial charge in [-0.15, -0.1) is 0 Å². The Bertz CT molecular complexity index is 288. The van der Waals surface area contributed by atoms with E-state index in [0.29, 0.717) is 11.5 Å². The first-order valence-corrected chi connectivity index (χ1v) is 3.42. The maximum atomic E-state index is 10.4. The van der Waals surface area contributed by atoms with Crippen molar-refractivity contribution in [1.29, 1.82) is 0 Å². The SMILES string of the molecule is NC(=O)Cc1nccc(CO)n1. The number of hydrogen-bond acceptors (Lipinski definition) is 4. The van der Waals surface area contributed by atoms with Gasteiger partial charge in [0, 0.05) is 6.20 Å². The monoisotopic (exact) mass is 167 g/mol. The van der Waals surface area contributed by atoms with Gasteiger partial charge in [0.05, 0.1) is 18.7 Å². The molecular formula is C7H9N3O2. The highest BCUT2D eigenvalue weighted by molar-refractivity contribution is 5.75. The van der Waals surface area contributed by atoms with Crippen molar-refractivity contribution in [2.24, 2.45) is 5.73 Å². The highest BCUT2D eigenvalue weighted by atomic mass is 16.3. The van der Waals surface area contributed by atoms with Crippen LogP contribution in [0.4, 0.5) is 0 Å². The zero-order valence-corrected chi connectivity index (χ0v) is 6.40. The summed E-state index contributed by atoms with van der Waals surface area (Å²) < 4.78 is 0. The standard InChI is InChI=1S/C7H9N3O2/c8-6(12)3-7-9-2-1-5(4-11)10-7/h1-2,11H,3-4H2,(H2,8,12). The Kier molecular flexibility index (Phi) is 2.71. The first kappa shape index (κ1) is 8.61. The lowest BCUT2D eigenvalue weighted by Crippen LogP contribution is -2.16. The Morgan fingerprint density at radius 2 is 2.42 bits per heavy atom. The minimum absolute atomic E-state index is 0.00778. The number of amides is 1. The maximum absolute atomic E-state index is 10.4. The van der Waals surface area contributed by atoms with Gasteiger partial charge in [-0.1, -0.05) is 0 Å². The predicted octanol–water partition coefficient (Wildman–Crippen LogP) is -1.00. The third-order valence-electron chi connectivity index (χ3n) is 1.26. The highest BCUT2D eigenvalue weighted by Gasteiger charge is 2.01. The summed E-state index contributed by atoms with van der Waals surface area (Å²) in [4.78, 5) is 18.1. The topological polar surface area (TPSA) is 89.1 Å². The summed E-state index contributed by atoms with van der Waals surface area (Å²) in [5, 5.41) is 8.69. The van der Waals surface area contributed by atoms with E-state index in [9.17, 15) is 4.79 Å². The molecule has 0 saturated carbocycles. The molecule has 1 aromatic rings. The van der Waals surface area contributed by atoms with Crippen LogP contribution >= 0.6 is 0 Å². The third kappa shape index (κ3) is 2.28. The first-order chi connectivity index (χ1) is 5.72. The van der Waals surface area contributed by atoms with E-state index in [4.69, 9.17) is 10.8 Å². The molecule has 12 heavy (non-hydrogen) atoms. The van der Waals surface area contributed by atoms with Crippen molar-refractivity contribution in [2.45, 2.75) is 13.0 Å². The van der Waals surface area contributed by atoms with Crippen LogP contribution in [0.3, 0.4) is 0 Å². The van der Waals surface area contributed by atoms with Crippen molar-refractivity contribution in [3.05, 3.63) is 23.8 Å². The number of nitrogens with zero attached hydrogens (tertiary/aromatic N) is 2. The molecule has 0 aromatic carbocycles. The van der Waals surface area contributed by atoms with E-state index in [2.05, 4.69) is 9.97 Å². The fraction of sp³-hybridized carbons (Fsp3) is 0.286. The number of aliphatic hydroxyl groups is 1. The van der Waals surface area contributed by atoms with Gasteiger partial charge in [0.2, 0.25) is 5.91 Å². The number of primary amides is 1. The predicted molar refractivity (Wildman–Crippen MR) is 40.9 cm³/mol. The second-order valence-electron chi connectivity index (χ2n) is 2.27. The van der Waals surface area contributed by atoms with Gasteiger partial charge in [0.1, 0.15) is 5.82 Å². The molecule has 0 bridgehead atoms. The minimum atomic E-state index is -0.481. The fourth-order valence-electron chi connectivity index (χ4n) is 0.770. The number of aliphatic hydroxyl groups excluding tert-OH is 1. The molecule has 3 N–H and O–H groups in total. The van der Waals surface area contributed by atoms with Crippen molar-refractivity contribution in [3.8, 4) is 0 Å². The zero-order chi connectivity index (χ0) is 8.97. The molecule has 1 aromatic heterocycles. The molecule has 0 atom stereocenters. The molecule has 5 heteroatoms. The lowest BCUT2D eigenvalue weighted by molar-refractivity contribution is -0.117. The molecule has 1 heterocycles. The molecule has 5 nitrogen and oxygen atoms in total. The lowest BCUT2D eigenvalue weighted by atomic mass is 10.3. The van der Waals surface area contributed by atoms with Gasteiger partial charge in [-0.3, -0.25) is 4.79 Å². The Labute approximate surface area is 69.3 Å². The average Bonchev–Trinajstić information content (AvgIpc) is 2.03. The quantitative estimate of drug-likeness (QED) is 0.604. The van der Waals surface area contributed by atoms with Crippen LogP contribution in [0.5, 0.6) is 0 Å². The Morgan fingerprint density at radius 1 is 1.67 bits per heavy atom. The molecule has 0 radical (unpaired) electrons. The fourth-order valence-corrected chi connectivity index (χ4v) is 0.770. The van der Waals surface area contributed by atoms with Gasteiger partial charge in [0.25, 0.3) is 0 Å². The summed E-state index contributed by atoms with van der Waals surface area (Å²) in [5.41, 5.74) is 5.42. The van der Waals surface area contributed by atoms with Gasteiger partial charge in [-0.25, -0.2) is 9.97 Å². The van der Waals surface area contributed by atoms with Crippen LogP contribution in [0.2, 0.25) is 0 Å². The van der Waals surface area contributed by atoms with Crippen molar-refractivity contribution in [1.82, 2.24) is 9.97 Å². The molecule has 0 saturated heterocycles. The lowest BCUT2D eigenvalue weighted by Gasteiger charge is -1.97. The van der Waals surface area contributed by atoms with E-state index in [-0.39, 0.29) is 13.0 Å². The largest absolute Gasteiger partial charge is 0.390 e. The molecule has 0 fully saturated rings. The number of carbonyl (C=O) groups is 1. The van der Waals surface area contributed by atoms with Gasteiger partial charge in [0.15, 0.2) is 0 Å². The maximum Gasteiger partial charge on any atom is 0.225 e. The summed E-state index contributed by atoms with van der Waals surface area (Å²) in [6.07, 6.45) is 1.49. The minimum Gasteiger partial charge on any atom is -0.390 e. The second kappa shape index (κ2) is 3.77. The number of hydrogen-bond donors (Lipinski definition) is 2. The second-order valence-corrected chi connectivity index (χ2v) is 2.27. The van der Waals surface area contributed by atoms with Crippen LogP contribution in [-0.2, 0) is 17.8 Å². The molecule has 0 unspecified atom stereocenters. The molecule has 0 aliphatic rings. The highest BCUT2D eigenvalue weighted by Crippen LogP contribution is 1.95. The summed E-state index contributed by atoms with van der Waals surface area (Å²) in [6, 6.07) is 1.57. The average molecular weight is 167 g/mol. The summed E-state index contributed by atoms with van der Waals surface area (Å²) in [5.74, 6) is -0.140. The van der Waals surface area contributed by atoms with E-state index in [1.54, 1.807) is 6.07 Å². The molecule has 0 spiro atoms. The van der Waals surface area contributed by atoms with Crippen molar-refractivity contribution < 1.29 is 9.90 Å². The van der Waals surface area contributed by atoms with Gasteiger partial charge >= 0.3 is 0 Å². The first-order valence-electron chi connectivity index (χ1n) is 3.42. The van der Waals surface area contributed by atoms with Crippen LogP contribution in [0.25, 0.3) is 0 Å². The number of nitrogens with two attached hydrogens (primary N) is 1. The molecule has 0 aliphatic heterocycles. The van der Waals surface area contributed by atoms with Crippen LogP contribution in [0.15, 0.2) is 12.3 Å². The normalized spacial score (nSPS) is 9.75. The number of carbonyl (C=O) groups excluding carboxylic acids is 1. The van der Waals surface area contributed by atoms with Crippen LogP contribution < -0.4 is 5.73 Å². The third-order valence-corrected chi connectivity index (χ3v) is 1.26. The number of aromatic nitrogens is 2. The van der Waals surface area contributed by atoms with Crippen LogP contribution in [-0.4, -0.2) is 21.0 Å². The Balaban J connectivity index is 2.79. The van der Waals surface area contributed by atoms with Gasteiger partial charge in [-0.2, -0.15) is 0 Å². The summed E-state index contributed by atoms with van der Waals surface area (Å²) >= 11 is 0. The van der Waals surface area contributed by atoms with E-state index in [1.807, 2.05) is 0 Å². The van der Waals surface area contributed by atoms with Crippen LogP contribution in [0, 0.1) is 0 Å². The summed E-state index contributed by atoms with van der Waals surface area (Å²) in [7, 11) is 0. The Hall–Kier alpha value is -1.49. The molecular weight excluding hydrogens is 158 g/mol. The number of rotatable bonds is 3. The van der Waals surface area contributed by atoms with Gasteiger partial charge in [-0.05, 0) is 6.07 Å². The van der Waals surface area contributed by atoms with Crippen molar-refractivity contribution >= 4 is 5.91 Å². The molecule has 64 valence electrons. The van der Waals surface area contributed by atoms with E-state index < -0.39 is 5.91 Å². The van der Waals surface area contributed by atoms with Crippen molar-refractivity contribution in [2.75, 3.05) is 0 Å². The van der Waals surface area contributed by atoms with E-state index >= 15 is 0 Å². The van der Waals surface area contributed by atoms with E-state index in [1.165, 1.54) is 6.20 Å². The van der Waals surface area contributed by atoms with Crippen LogP contribution in [0.1, 0.15) is 11.5 Å². The van der Waals surface area contributed by atoms with E-state index in [0.717, 1.165) is 0 Å². The molecule has 0 aliphatic carbocycles. The molecule has 1 amide bonds. The smallest absolute Gasteiger partial charge is 0.225 e. The molecule has 1 rings (SSSR count). The zero-order valence-electron chi connectivity index (χ0n) is 6.40.